The molecule has 2 aromatic rings. The van der Waals surface area contributed by atoms with Crippen LogP contribution in [0.2, 0.25) is 0 Å². The second kappa shape index (κ2) is 4.18. The zero-order chi connectivity index (χ0) is 10.7. The van der Waals surface area contributed by atoms with Gasteiger partial charge in [-0.3, -0.25) is 0 Å². The number of rotatable bonds is 2. The van der Waals surface area contributed by atoms with Crippen LogP contribution in [-0.2, 0) is 0 Å². The van der Waals surface area contributed by atoms with Crippen LogP contribution in [0.4, 0.5) is 0 Å². The summed E-state index contributed by atoms with van der Waals surface area (Å²) < 4.78 is 4.87. The van der Waals surface area contributed by atoms with Crippen LogP contribution >= 0.6 is 11.6 Å². The first-order valence-electron chi connectivity index (χ1n) is 4.17. The second-order valence-corrected chi connectivity index (χ2v) is 3.01. The highest BCUT2D eigenvalue weighted by Crippen LogP contribution is 2.19. The molecule has 5 nitrogen and oxygen atoms in total. The summed E-state index contributed by atoms with van der Waals surface area (Å²) in [5, 5.41) is 3.77. The summed E-state index contributed by atoms with van der Waals surface area (Å²) in [4.78, 5) is 11.9. The van der Waals surface area contributed by atoms with Gasteiger partial charge in [0.15, 0.2) is 0 Å². The molecule has 0 aliphatic rings. The molecule has 0 unspecified atom stereocenters. The summed E-state index contributed by atoms with van der Waals surface area (Å²) in [7, 11) is 0. The lowest BCUT2D eigenvalue weighted by Crippen LogP contribution is -1.91. The van der Waals surface area contributed by atoms with Crippen LogP contribution in [0.25, 0.3) is 5.57 Å². The average Bonchev–Trinajstić information content (AvgIpc) is 2.68. The van der Waals surface area contributed by atoms with Crippen molar-refractivity contribution in [2.75, 3.05) is 0 Å². The Labute approximate surface area is 90.8 Å². The number of halogens is 1. The van der Waals surface area contributed by atoms with Crippen LogP contribution in [0.3, 0.4) is 0 Å². The van der Waals surface area contributed by atoms with Gasteiger partial charge in [0.05, 0.1) is 0 Å². The zero-order valence-corrected chi connectivity index (χ0v) is 8.64. The van der Waals surface area contributed by atoms with Gasteiger partial charge >= 0.3 is 0 Å². The summed E-state index contributed by atoms with van der Waals surface area (Å²) in [5.41, 5.74) is 2.76. The Hall–Kier alpha value is -1.75. The van der Waals surface area contributed by atoms with Crippen molar-refractivity contribution < 1.29 is 4.52 Å². The Bertz CT molecular complexity index is 480. The molecule has 0 spiro atoms. The van der Waals surface area contributed by atoms with Crippen molar-refractivity contribution in [2.24, 2.45) is 0 Å². The normalized spacial score (nSPS) is 11.7. The summed E-state index contributed by atoms with van der Waals surface area (Å²) in [6.07, 6.45) is 4.71. The van der Waals surface area contributed by atoms with E-state index in [1.165, 1.54) is 11.9 Å². The molecule has 0 N–H and O–H groups in total. The van der Waals surface area contributed by atoms with E-state index in [-0.39, 0.29) is 0 Å². The third-order valence-electron chi connectivity index (χ3n) is 1.75. The van der Waals surface area contributed by atoms with Crippen molar-refractivity contribution in [3.63, 3.8) is 0 Å². The maximum absolute atomic E-state index is 5.71. The van der Waals surface area contributed by atoms with Gasteiger partial charge in [-0.15, -0.1) is 0 Å². The quantitative estimate of drug-likeness (QED) is 0.775. The van der Waals surface area contributed by atoms with Gasteiger partial charge in [0.25, 0.3) is 0 Å². The lowest BCUT2D eigenvalue weighted by atomic mass is 10.1. The lowest BCUT2D eigenvalue weighted by Gasteiger charge is -1.98. The number of aryl methyl sites for hydroxylation is 1. The van der Waals surface area contributed by atoms with E-state index in [4.69, 9.17) is 16.1 Å². The predicted octanol–water partition coefficient (Wildman–Crippen LogP) is 1.80. The molecule has 0 saturated heterocycles. The standard InChI is InChI=1S/C9H7ClN4O/c1-6-13-9(14-15-6)8(2-10)7-3-11-5-12-4-7/h2-5H,1H3. The maximum atomic E-state index is 5.71. The first-order valence-corrected chi connectivity index (χ1v) is 4.61. The van der Waals surface area contributed by atoms with E-state index in [0.717, 1.165) is 5.56 Å². The highest BCUT2D eigenvalue weighted by molar-refractivity contribution is 6.28. The molecule has 0 fully saturated rings. The largest absolute Gasteiger partial charge is 0.339 e. The third-order valence-corrected chi connectivity index (χ3v) is 1.97. The van der Waals surface area contributed by atoms with Gasteiger partial charge in [-0.25, -0.2) is 9.97 Å². The fourth-order valence-corrected chi connectivity index (χ4v) is 1.31. The van der Waals surface area contributed by atoms with Crippen molar-refractivity contribution in [3.05, 3.63) is 41.5 Å². The summed E-state index contributed by atoms with van der Waals surface area (Å²) in [6.45, 7) is 1.71. The van der Waals surface area contributed by atoms with Crippen molar-refractivity contribution in [3.8, 4) is 0 Å². The fraction of sp³-hybridized carbons (Fsp3) is 0.111. The van der Waals surface area contributed by atoms with Gasteiger partial charge in [-0.05, 0) is 0 Å². The van der Waals surface area contributed by atoms with Crippen molar-refractivity contribution in [1.29, 1.82) is 0 Å². The Morgan fingerprint density at radius 3 is 2.67 bits per heavy atom. The molecule has 0 bridgehead atoms. The SMILES string of the molecule is Cc1nc(C(=CCl)c2cncnc2)no1. The lowest BCUT2D eigenvalue weighted by molar-refractivity contribution is 0.391. The van der Waals surface area contributed by atoms with Crippen LogP contribution in [0.15, 0.2) is 28.8 Å². The number of hydrogen-bond donors (Lipinski definition) is 0. The molecule has 2 aromatic heterocycles. The molecule has 0 atom stereocenters. The smallest absolute Gasteiger partial charge is 0.223 e. The average molecular weight is 223 g/mol. The highest BCUT2D eigenvalue weighted by atomic mass is 35.5. The Morgan fingerprint density at radius 1 is 1.40 bits per heavy atom. The molecular weight excluding hydrogens is 216 g/mol. The van der Waals surface area contributed by atoms with Gasteiger partial charge in [-0.1, -0.05) is 16.8 Å². The molecule has 2 rings (SSSR count). The van der Waals surface area contributed by atoms with Crippen LogP contribution in [0, 0.1) is 6.92 Å². The van der Waals surface area contributed by atoms with Crippen LogP contribution in [0.1, 0.15) is 17.3 Å². The molecule has 15 heavy (non-hydrogen) atoms. The zero-order valence-electron chi connectivity index (χ0n) is 7.88. The Morgan fingerprint density at radius 2 is 2.13 bits per heavy atom. The van der Waals surface area contributed by atoms with Gasteiger partial charge in [0.1, 0.15) is 6.33 Å². The molecule has 0 radical (unpaired) electrons. The Balaban J connectivity index is 2.43. The topological polar surface area (TPSA) is 64.7 Å². The van der Waals surface area contributed by atoms with Crippen LogP contribution in [-0.4, -0.2) is 20.1 Å². The van der Waals surface area contributed by atoms with E-state index in [1.54, 1.807) is 19.3 Å². The monoisotopic (exact) mass is 222 g/mol. The van der Waals surface area contributed by atoms with Crippen molar-refractivity contribution in [2.45, 2.75) is 6.92 Å². The van der Waals surface area contributed by atoms with Gasteiger partial charge in [-0.2, -0.15) is 4.98 Å². The predicted molar refractivity (Wildman–Crippen MR) is 54.0 cm³/mol. The minimum Gasteiger partial charge on any atom is -0.339 e. The number of aromatic nitrogens is 4. The van der Waals surface area contributed by atoms with E-state index < -0.39 is 0 Å². The third kappa shape index (κ3) is 2.02. The summed E-state index contributed by atoms with van der Waals surface area (Å²) in [5.74, 6) is 0.912. The summed E-state index contributed by atoms with van der Waals surface area (Å²) >= 11 is 5.71. The second-order valence-electron chi connectivity index (χ2n) is 2.79. The highest BCUT2D eigenvalue weighted by Gasteiger charge is 2.11. The molecule has 0 amide bonds. The molecule has 2 heterocycles. The van der Waals surface area contributed by atoms with E-state index in [2.05, 4.69) is 20.1 Å². The fourth-order valence-electron chi connectivity index (χ4n) is 1.09. The number of hydrogen-bond acceptors (Lipinski definition) is 5. The van der Waals surface area contributed by atoms with Gasteiger partial charge < -0.3 is 4.52 Å². The van der Waals surface area contributed by atoms with Crippen LogP contribution in [0.5, 0.6) is 0 Å². The first-order chi connectivity index (χ1) is 7.31. The molecule has 76 valence electrons. The Kier molecular flexibility index (Phi) is 2.73. The first kappa shape index (κ1) is 9.79. The van der Waals surface area contributed by atoms with Crippen molar-refractivity contribution >= 4 is 17.2 Å². The van der Waals surface area contributed by atoms with E-state index in [9.17, 15) is 0 Å². The minimum atomic E-state index is 0.428. The van der Waals surface area contributed by atoms with Crippen molar-refractivity contribution in [1.82, 2.24) is 20.1 Å². The minimum absolute atomic E-state index is 0.428. The molecule has 0 aliphatic heterocycles. The maximum Gasteiger partial charge on any atom is 0.223 e. The van der Waals surface area contributed by atoms with Gasteiger partial charge in [0, 0.05) is 36.0 Å². The van der Waals surface area contributed by atoms with E-state index >= 15 is 0 Å². The molecule has 0 aliphatic carbocycles. The number of nitrogens with zero attached hydrogens (tertiary/aromatic N) is 4. The van der Waals surface area contributed by atoms with Gasteiger partial charge in [0.2, 0.25) is 11.7 Å². The molecular formula is C9H7ClN4O. The van der Waals surface area contributed by atoms with E-state index in [0.29, 0.717) is 17.3 Å². The van der Waals surface area contributed by atoms with E-state index in [1.807, 2.05) is 0 Å². The molecule has 0 saturated carbocycles. The molecule has 6 heteroatoms. The van der Waals surface area contributed by atoms with Crippen LogP contribution < -0.4 is 0 Å². The molecule has 0 aromatic carbocycles. The summed E-state index contributed by atoms with van der Waals surface area (Å²) in [6, 6.07) is 0.